The Morgan fingerprint density at radius 1 is 1.24 bits per heavy atom. The number of allylic oxidation sites excluding steroid dienone is 2. The predicted octanol–water partition coefficient (Wildman–Crippen LogP) is 2.38. The number of nitrogens with one attached hydrogen (secondary N) is 1. The van der Waals surface area contributed by atoms with Gasteiger partial charge in [0.25, 0.3) is 0 Å². The summed E-state index contributed by atoms with van der Waals surface area (Å²) in [5.74, 6) is 0. The van der Waals surface area contributed by atoms with E-state index in [0.717, 1.165) is 18.5 Å². The maximum absolute atomic E-state index is 5.98. The molecular weight excluding hydrogens is 208 g/mol. The molecule has 2 heteroatoms. The van der Waals surface area contributed by atoms with Crippen LogP contribution in [0.25, 0.3) is 0 Å². The first-order chi connectivity index (χ1) is 8.16. The second kappa shape index (κ2) is 4.76. The van der Waals surface area contributed by atoms with E-state index in [4.69, 9.17) is 5.73 Å². The number of rotatable bonds is 3. The summed E-state index contributed by atoms with van der Waals surface area (Å²) in [6, 6.07) is 10.6. The van der Waals surface area contributed by atoms with Crippen molar-refractivity contribution >= 4 is 0 Å². The molecule has 1 aromatic carbocycles. The van der Waals surface area contributed by atoms with Gasteiger partial charge in [-0.05, 0) is 32.0 Å². The monoisotopic (exact) mass is 228 g/mol. The number of likely N-dealkylation sites (N-methyl/N-ethyl adjacent to an activating group) is 1. The van der Waals surface area contributed by atoms with Crippen LogP contribution in [-0.2, 0) is 6.42 Å². The molecule has 1 unspecified atom stereocenters. The van der Waals surface area contributed by atoms with E-state index in [2.05, 4.69) is 42.6 Å². The van der Waals surface area contributed by atoms with Crippen molar-refractivity contribution in [1.29, 1.82) is 0 Å². The molecule has 0 saturated carbocycles. The minimum absolute atomic E-state index is 0.0276. The van der Waals surface area contributed by atoms with E-state index < -0.39 is 0 Å². The van der Waals surface area contributed by atoms with E-state index >= 15 is 0 Å². The lowest BCUT2D eigenvalue weighted by Gasteiger charge is -2.37. The van der Waals surface area contributed by atoms with Gasteiger partial charge in [-0.1, -0.05) is 42.0 Å². The van der Waals surface area contributed by atoms with Crippen molar-refractivity contribution in [2.75, 3.05) is 7.05 Å². The van der Waals surface area contributed by atoms with Crippen LogP contribution in [-0.4, -0.2) is 12.6 Å². The van der Waals surface area contributed by atoms with Gasteiger partial charge in [-0.15, -0.1) is 0 Å². The van der Waals surface area contributed by atoms with E-state index in [9.17, 15) is 0 Å². The molecule has 0 fully saturated rings. The summed E-state index contributed by atoms with van der Waals surface area (Å²) in [7, 11) is 2.01. The fourth-order valence-electron chi connectivity index (χ4n) is 2.46. The molecule has 0 aliphatic heterocycles. The van der Waals surface area contributed by atoms with E-state index in [0.29, 0.717) is 0 Å². The van der Waals surface area contributed by atoms with Gasteiger partial charge in [0.2, 0.25) is 0 Å². The van der Waals surface area contributed by atoms with Crippen molar-refractivity contribution in [3.63, 3.8) is 0 Å². The van der Waals surface area contributed by atoms with E-state index in [-0.39, 0.29) is 5.54 Å². The smallest absolute Gasteiger partial charge is 0.0487 e. The zero-order chi connectivity index (χ0) is 12.3. The minimum atomic E-state index is -0.0276. The minimum Gasteiger partial charge on any atom is -0.402 e. The second-order valence-corrected chi connectivity index (χ2v) is 4.76. The van der Waals surface area contributed by atoms with Gasteiger partial charge in [0.15, 0.2) is 0 Å². The Kier molecular flexibility index (Phi) is 3.34. The fraction of sp³-hybridized carbons (Fsp3) is 0.333. The van der Waals surface area contributed by atoms with Crippen LogP contribution in [0.3, 0.4) is 0 Å². The third-order valence-corrected chi connectivity index (χ3v) is 3.64. The van der Waals surface area contributed by atoms with E-state index in [1.54, 1.807) is 0 Å². The van der Waals surface area contributed by atoms with Gasteiger partial charge in [0.1, 0.15) is 0 Å². The number of hydrogen-bond acceptors (Lipinski definition) is 2. The molecule has 0 bridgehead atoms. The van der Waals surface area contributed by atoms with Crippen LogP contribution in [0.15, 0.2) is 53.8 Å². The van der Waals surface area contributed by atoms with Crippen molar-refractivity contribution in [2.45, 2.75) is 25.3 Å². The number of benzene rings is 1. The Balaban J connectivity index is 2.27. The SMILES string of the molecule is CNC1(Cc2ccccc2)CC(N)=CC=C1C. The molecule has 1 aliphatic carbocycles. The molecule has 1 aliphatic rings. The average Bonchev–Trinajstić information content (AvgIpc) is 2.35. The first-order valence-corrected chi connectivity index (χ1v) is 6.02. The van der Waals surface area contributed by atoms with E-state index in [1.165, 1.54) is 11.1 Å². The lowest BCUT2D eigenvalue weighted by molar-refractivity contribution is 0.398. The van der Waals surface area contributed by atoms with Gasteiger partial charge in [0.05, 0.1) is 0 Å². The molecule has 1 aromatic rings. The Labute approximate surface area is 103 Å². The second-order valence-electron chi connectivity index (χ2n) is 4.76. The topological polar surface area (TPSA) is 38.0 Å². The third kappa shape index (κ3) is 2.42. The maximum atomic E-state index is 5.98. The van der Waals surface area contributed by atoms with Crippen LogP contribution in [0.2, 0.25) is 0 Å². The Morgan fingerprint density at radius 2 is 1.94 bits per heavy atom. The van der Waals surface area contributed by atoms with Gasteiger partial charge in [-0.25, -0.2) is 0 Å². The molecule has 1 atom stereocenters. The summed E-state index contributed by atoms with van der Waals surface area (Å²) in [6.07, 6.45) is 5.98. The Hall–Kier alpha value is -1.54. The highest BCUT2D eigenvalue weighted by molar-refractivity contribution is 5.35. The van der Waals surface area contributed by atoms with Crippen LogP contribution >= 0.6 is 0 Å². The van der Waals surface area contributed by atoms with Crippen molar-refractivity contribution < 1.29 is 0 Å². The fourth-order valence-corrected chi connectivity index (χ4v) is 2.46. The van der Waals surface area contributed by atoms with Gasteiger partial charge < -0.3 is 11.1 Å². The lowest BCUT2D eigenvalue weighted by Crippen LogP contribution is -2.48. The summed E-state index contributed by atoms with van der Waals surface area (Å²) in [4.78, 5) is 0. The largest absolute Gasteiger partial charge is 0.402 e. The van der Waals surface area contributed by atoms with E-state index in [1.807, 2.05) is 19.2 Å². The summed E-state index contributed by atoms with van der Waals surface area (Å²) in [5, 5.41) is 3.46. The molecule has 3 N–H and O–H groups in total. The van der Waals surface area contributed by atoms with Gasteiger partial charge in [0, 0.05) is 17.7 Å². The number of nitrogens with two attached hydrogens (primary N) is 1. The molecule has 2 nitrogen and oxygen atoms in total. The molecule has 0 radical (unpaired) electrons. The first kappa shape index (κ1) is 11.9. The summed E-state index contributed by atoms with van der Waals surface area (Å²) >= 11 is 0. The van der Waals surface area contributed by atoms with Crippen molar-refractivity contribution in [3.8, 4) is 0 Å². The van der Waals surface area contributed by atoms with Crippen molar-refractivity contribution in [3.05, 3.63) is 59.3 Å². The normalized spacial score (nSPS) is 24.1. The van der Waals surface area contributed by atoms with Gasteiger partial charge >= 0.3 is 0 Å². The van der Waals surface area contributed by atoms with Crippen LogP contribution in [0, 0.1) is 0 Å². The highest BCUT2D eigenvalue weighted by Gasteiger charge is 2.32. The molecule has 0 heterocycles. The van der Waals surface area contributed by atoms with Crippen LogP contribution in [0.5, 0.6) is 0 Å². The predicted molar refractivity (Wildman–Crippen MR) is 72.6 cm³/mol. The summed E-state index contributed by atoms with van der Waals surface area (Å²) in [6.45, 7) is 2.17. The zero-order valence-corrected chi connectivity index (χ0v) is 10.5. The quantitative estimate of drug-likeness (QED) is 0.833. The molecule has 0 aromatic heterocycles. The molecule has 0 amide bonds. The highest BCUT2D eigenvalue weighted by atomic mass is 14.9. The molecular formula is C15H20N2. The molecule has 17 heavy (non-hydrogen) atoms. The lowest BCUT2D eigenvalue weighted by atomic mass is 9.78. The molecule has 90 valence electrons. The van der Waals surface area contributed by atoms with Crippen LogP contribution < -0.4 is 11.1 Å². The standard InChI is InChI=1S/C15H20N2/c1-12-8-9-14(16)11-15(12,17-2)10-13-6-4-3-5-7-13/h3-9,17H,10-11,16H2,1-2H3. The Morgan fingerprint density at radius 3 is 2.59 bits per heavy atom. The summed E-state index contributed by atoms with van der Waals surface area (Å²) in [5.41, 5.74) is 9.58. The highest BCUT2D eigenvalue weighted by Crippen LogP contribution is 2.30. The van der Waals surface area contributed by atoms with Crippen molar-refractivity contribution in [1.82, 2.24) is 5.32 Å². The summed E-state index contributed by atoms with van der Waals surface area (Å²) < 4.78 is 0. The first-order valence-electron chi connectivity index (χ1n) is 6.02. The zero-order valence-electron chi connectivity index (χ0n) is 10.5. The third-order valence-electron chi connectivity index (χ3n) is 3.64. The maximum Gasteiger partial charge on any atom is 0.0487 e. The average molecular weight is 228 g/mol. The number of hydrogen-bond donors (Lipinski definition) is 2. The van der Waals surface area contributed by atoms with Crippen LogP contribution in [0.1, 0.15) is 18.9 Å². The van der Waals surface area contributed by atoms with Crippen LogP contribution in [0.4, 0.5) is 0 Å². The van der Waals surface area contributed by atoms with Gasteiger partial charge in [-0.2, -0.15) is 0 Å². The Bertz CT molecular complexity index is 445. The molecule has 0 saturated heterocycles. The molecule has 2 rings (SSSR count). The van der Waals surface area contributed by atoms with Crippen molar-refractivity contribution in [2.24, 2.45) is 5.73 Å². The van der Waals surface area contributed by atoms with Gasteiger partial charge in [-0.3, -0.25) is 0 Å². The molecule has 0 spiro atoms.